The van der Waals surface area contributed by atoms with E-state index < -0.39 is 0 Å². The highest BCUT2D eigenvalue weighted by atomic mass is 35.5. The maximum absolute atomic E-state index is 11.9. The van der Waals surface area contributed by atoms with Crippen LogP contribution in [0.3, 0.4) is 0 Å². The van der Waals surface area contributed by atoms with E-state index in [1.54, 1.807) is 17.8 Å². The summed E-state index contributed by atoms with van der Waals surface area (Å²) in [6.45, 7) is 2.64. The second kappa shape index (κ2) is 10.3. The highest BCUT2D eigenvalue weighted by molar-refractivity contribution is 7.99. The first-order chi connectivity index (χ1) is 11.6. The van der Waals surface area contributed by atoms with Crippen LogP contribution in [-0.4, -0.2) is 24.0 Å². The summed E-state index contributed by atoms with van der Waals surface area (Å²) in [6.07, 6.45) is 2.02. The van der Waals surface area contributed by atoms with Crippen molar-refractivity contribution in [3.63, 3.8) is 0 Å². The molecule has 0 aliphatic rings. The lowest BCUT2D eigenvalue weighted by Crippen LogP contribution is -2.15. The Hall–Kier alpha value is -1.65. The summed E-state index contributed by atoms with van der Waals surface area (Å²) in [5.41, 5.74) is 1.79. The van der Waals surface area contributed by atoms with E-state index in [4.69, 9.17) is 16.3 Å². The van der Waals surface area contributed by atoms with Crippen LogP contribution in [0, 0.1) is 6.92 Å². The van der Waals surface area contributed by atoms with Gasteiger partial charge in [-0.15, -0.1) is 0 Å². The molecule has 0 unspecified atom stereocenters. The van der Waals surface area contributed by atoms with Crippen LogP contribution in [0.2, 0.25) is 5.02 Å². The van der Waals surface area contributed by atoms with Crippen molar-refractivity contribution >= 4 is 35.0 Å². The Morgan fingerprint density at radius 3 is 2.71 bits per heavy atom. The number of ether oxygens (including phenoxy) is 1. The quantitative estimate of drug-likeness (QED) is 0.624. The number of nitrogens with one attached hydrogen (secondary N) is 1. The topological polar surface area (TPSA) is 38.3 Å². The third-order valence-electron chi connectivity index (χ3n) is 3.39. The number of aryl methyl sites for hydroxylation is 1. The standard InChI is InChI=1S/C19H22ClNO2S/c1-15-13-16(20)9-10-18(15)21-19(22)14-24-12-6-5-11-23-17-7-3-2-4-8-17/h2-4,7-10,13H,5-6,11-12,14H2,1H3,(H,21,22). The lowest BCUT2D eigenvalue weighted by molar-refractivity contribution is -0.113. The van der Waals surface area contributed by atoms with Crippen molar-refractivity contribution in [2.75, 3.05) is 23.4 Å². The Kier molecular flexibility index (Phi) is 7.99. The molecule has 1 amide bonds. The van der Waals surface area contributed by atoms with Gasteiger partial charge >= 0.3 is 0 Å². The molecule has 24 heavy (non-hydrogen) atoms. The number of rotatable bonds is 9. The molecule has 0 aromatic heterocycles. The minimum Gasteiger partial charge on any atom is -0.494 e. The van der Waals surface area contributed by atoms with Crippen molar-refractivity contribution in [3.05, 3.63) is 59.1 Å². The first-order valence-electron chi connectivity index (χ1n) is 7.97. The molecule has 2 aromatic carbocycles. The zero-order valence-corrected chi connectivity index (χ0v) is 15.3. The zero-order valence-electron chi connectivity index (χ0n) is 13.8. The van der Waals surface area contributed by atoms with Crippen molar-refractivity contribution in [2.45, 2.75) is 19.8 Å². The van der Waals surface area contributed by atoms with Gasteiger partial charge in [0.25, 0.3) is 0 Å². The highest BCUT2D eigenvalue weighted by Crippen LogP contribution is 2.20. The molecule has 0 bridgehead atoms. The molecule has 2 rings (SSSR count). The van der Waals surface area contributed by atoms with Crippen LogP contribution in [0.25, 0.3) is 0 Å². The van der Waals surface area contributed by atoms with Crippen LogP contribution in [0.5, 0.6) is 5.75 Å². The van der Waals surface area contributed by atoms with Crippen LogP contribution in [0.1, 0.15) is 18.4 Å². The van der Waals surface area contributed by atoms with Crippen molar-refractivity contribution < 1.29 is 9.53 Å². The monoisotopic (exact) mass is 363 g/mol. The predicted octanol–water partition coefficient (Wildman–Crippen LogP) is 5.18. The average Bonchev–Trinajstić information content (AvgIpc) is 2.57. The van der Waals surface area contributed by atoms with Gasteiger partial charge in [0.05, 0.1) is 12.4 Å². The third kappa shape index (κ3) is 6.85. The molecule has 2 aromatic rings. The summed E-state index contributed by atoms with van der Waals surface area (Å²) in [5, 5.41) is 3.60. The lowest BCUT2D eigenvalue weighted by Gasteiger charge is -2.09. The largest absolute Gasteiger partial charge is 0.494 e. The van der Waals surface area contributed by atoms with E-state index >= 15 is 0 Å². The number of hydrogen-bond donors (Lipinski definition) is 1. The fraction of sp³-hybridized carbons (Fsp3) is 0.316. The first kappa shape index (κ1) is 18.7. The van der Waals surface area contributed by atoms with E-state index in [-0.39, 0.29) is 5.91 Å². The number of halogens is 1. The molecular weight excluding hydrogens is 342 g/mol. The Balaban J connectivity index is 1.54. The third-order valence-corrected chi connectivity index (χ3v) is 4.67. The SMILES string of the molecule is Cc1cc(Cl)ccc1NC(=O)CSCCCCOc1ccccc1. The molecule has 0 radical (unpaired) electrons. The summed E-state index contributed by atoms with van der Waals surface area (Å²) in [6, 6.07) is 15.3. The Bertz CT molecular complexity index is 649. The van der Waals surface area contributed by atoms with E-state index in [0.29, 0.717) is 17.4 Å². The molecule has 0 heterocycles. The summed E-state index contributed by atoms with van der Waals surface area (Å²) in [7, 11) is 0. The summed E-state index contributed by atoms with van der Waals surface area (Å²) >= 11 is 7.55. The predicted molar refractivity (Wildman–Crippen MR) is 103 cm³/mol. The number of carbonyl (C=O) groups excluding carboxylic acids is 1. The smallest absolute Gasteiger partial charge is 0.234 e. The van der Waals surface area contributed by atoms with Crippen LogP contribution in [-0.2, 0) is 4.79 Å². The van der Waals surface area contributed by atoms with Crippen LogP contribution in [0.15, 0.2) is 48.5 Å². The van der Waals surface area contributed by atoms with E-state index in [9.17, 15) is 4.79 Å². The molecule has 0 fully saturated rings. The number of hydrogen-bond acceptors (Lipinski definition) is 3. The minimum atomic E-state index is 0.0194. The van der Waals surface area contributed by atoms with Crippen LogP contribution < -0.4 is 10.1 Å². The van der Waals surface area contributed by atoms with E-state index in [0.717, 1.165) is 35.6 Å². The second-order valence-electron chi connectivity index (χ2n) is 5.43. The molecular formula is C19H22ClNO2S. The summed E-state index contributed by atoms with van der Waals surface area (Å²) in [5.74, 6) is 2.33. The number of benzene rings is 2. The van der Waals surface area contributed by atoms with Crippen molar-refractivity contribution in [1.29, 1.82) is 0 Å². The van der Waals surface area contributed by atoms with Crippen molar-refractivity contribution in [1.82, 2.24) is 0 Å². The number of para-hydroxylation sites is 1. The Labute approximate surface area is 152 Å². The van der Waals surface area contributed by atoms with Gasteiger partial charge < -0.3 is 10.1 Å². The number of carbonyl (C=O) groups is 1. The van der Waals surface area contributed by atoms with Gasteiger partial charge in [0.15, 0.2) is 0 Å². The molecule has 0 spiro atoms. The van der Waals surface area contributed by atoms with Gasteiger partial charge in [-0.3, -0.25) is 4.79 Å². The number of unbranched alkanes of at least 4 members (excludes halogenated alkanes) is 1. The molecule has 0 atom stereocenters. The maximum Gasteiger partial charge on any atom is 0.234 e. The fourth-order valence-corrected chi connectivity index (χ4v) is 3.17. The van der Waals surface area contributed by atoms with E-state index in [1.165, 1.54) is 0 Å². The average molecular weight is 364 g/mol. The molecule has 128 valence electrons. The van der Waals surface area contributed by atoms with Gasteiger partial charge in [0, 0.05) is 10.7 Å². The van der Waals surface area contributed by atoms with Crippen LogP contribution >= 0.6 is 23.4 Å². The first-order valence-corrected chi connectivity index (χ1v) is 9.50. The molecule has 5 heteroatoms. The van der Waals surface area contributed by atoms with E-state index in [2.05, 4.69) is 5.32 Å². The molecule has 0 aliphatic heterocycles. The number of thioether (sulfide) groups is 1. The van der Waals surface area contributed by atoms with E-state index in [1.807, 2.05) is 49.4 Å². The molecule has 0 saturated carbocycles. The maximum atomic E-state index is 11.9. The second-order valence-corrected chi connectivity index (χ2v) is 6.97. The van der Waals surface area contributed by atoms with Crippen molar-refractivity contribution in [2.24, 2.45) is 0 Å². The highest BCUT2D eigenvalue weighted by Gasteiger charge is 2.05. The van der Waals surface area contributed by atoms with Crippen molar-refractivity contribution in [3.8, 4) is 5.75 Å². The summed E-state index contributed by atoms with van der Waals surface area (Å²) < 4.78 is 5.64. The zero-order chi connectivity index (χ0) is 17.2. The van der Waals surface area contributed by atoms with Gasteiger partial charge in [0.1, 0.15) is 5.75 Å². The van der Waals surface area contributed by atoms with Gasteiger partial charge in [-0.1, -0.05) is 29.8 Å². The fourth-order valence-electron chi connectivity index (χ4n) is 2.13. The molecule has 0 saturated heterocycles. The lowest BCUT2D eigenvalue weighted by atomic mass is 10.2. The van der Waals surface area contributed by atoms with Gasteiger partial charge in [-0.05, 0) is 61.4 Å². The molecule has 3 nitrogen and oxygen atoms in total. The van der Waals surface area contributed by atoms with Gasteiger partial charge in [-0.2, -0.15) is 11.8 Å². The normalized spacial score (nSPS) is 10.4. The summed E-state index contributed by atoms with van der Waals surface area (Å²) in [4.78, 5) is 11.9. The van der Waals surface area contributed by atoms with Gasteiger partial charge in [-0.25, -0.2) is 0 Å². The Morgan fingerprint density at radius 1 is 1.17 bits per heavy atom. The number of anilines is 1. The van der Waals surface area contributed by atoms with Gasteiger partial charge in [0.2, 0.25) is 5.91 Å². The molecule has 1 N–H and O–H groups in total. The Morgan fingerprint density at radius 2 is 1.96 bits per heavy atom. The van der Waals surface area contributed by atoms with Crippen LogP contribution in [0.4, 0.5) is 5.69 Å². The molecule has 0 aliphatic carbocycles. The minimum absolute atomic E-state index is 0.0194. The number of amides is 1.